The Balaban J connectivity index is 1.42. The summed E-state index contributed by atoms with van der Waals surface area (Å²) in [7, 11) is 0. The molecule has 1 fully saturated rings. The maximum atomic E-state index is 14.2. The molecule has 40 heavy (non-hydrogen) atoms. The summed E-state index contributed by atoms with van der Waals surface area (Å²) in [4.78, 5) is 6.81. The van der Waals surface area contributed by atoms with Gasteiger partial charge in [-0.1, -0.05) is 30.3 Å². The quantitative estimate of drug-likeness (QED) is 0.219. The summed E-state index contributed by atoms with van der Waals surface area (Å²) >= 11 is 5.92. The minimum Gasteiger partial charge on any atom is -0.457 e. The second kappa shape index (κ2) is 10.6. The second-order valence-electron chi connectivity index (χ2n) is 10.00. The molecule has 6 rings (SSSR count). The van der Waals surface area contributed by atoms with Gasteiger partial charge in [0.15, 0.2) is 5.11 Å². The van der Waals surface area contributed by atoms with Gasteiger partial charge in [0.2, 0.25) is 0 Å². The van der Waals surface area contributed by atoms with Gasteiger partial charge in [-0.05, 0) is 111 Å². The van der Waals surface area contributed by atoms with Gasteiger partial charge in [0.25, 0.3) is 0 Å². The SMILES string of the molecule is Cc1ccccc1Oc1ccc(N2C(=S)N[C@H](c3ccccn3)[C@H]2c2cc(C)n(-c3cccc(F)c3)c2C)cc1. The van der Waals surface area contributed by atoms with E-state index in [2.05, 4.69) is 32.8 Å². The van der Waals surface area contributed by atoms with Crippen LogP contribution in [-0.2, 0) is 0 Å². The average Bonchev–Trinajstić information content (AvgIpc) is 3.45. The van der Waals surface area contributed by atoms with Gasteiger partial charge in [-0.3, -0.25) is 4.98 Å². The monoisotopic (exact) mass is 548 g/mol. The van der Waals surface area contributed by atoms with Crippen LogP contribution in [0.1, 0.15) is 40.3 Å². The fourth-order valence-corrected chi connectivity index (χ4v) is 5.87. The highest BCUT2D eigenvalue weighted by atomic mass is 32.1. The Morgan fingerprint density at radius 1 is 0.850 bits per heavy atom. The lowest BCUT2D eigenvalue weighted by Gasteiger charge is -2.28. The van der Waals surface area contributed by atoms with Crippen LogP contribution in [-0.4, -0.2) is 14.7 Å². The third-order valence-electron chi connectivity index (χ3n) is 7.39. The van der Waals surface area contributed by atoms with Gasteiger partial charge in [-0.25, -0.2) is 4.39 Å². The molecule has 3 aromatic carbocycles. The maximum absolute atomic E-state index is 14.2. The van der Waals surface area contributed by atoms with Crippen LogP contribution in [0.5, 0.6) is 11.5 Å². The Kier molecular flexibility index (Phi) is 6.82. The van der Waals surface area contributed by atoms with Crippen LogP contribution in [0.3, 0.4) is 0 Å². The first-order valence-electron chi connectivity index (χ1n) is 13.2. The first-order chi connectivity index (χ1) is 19.4. The number of halogens is 1. The molecule has 1 aliphatic heterocycles. The molecule has 0 aliphatic carbocycles. The summed E-state index contributed by atoms with van der Waals surface area (Å²) in [5, 5.41) is 4.14. The van der Waals surface area contributed by atoms with E-state index in [1.165, 1.54) is 6.07 Å². The predicted molar refractivity (Wildman–Crippen MR) is 161 cm³/mol. The van der Waals surface area contributed by atoms with E-state index < -0.39 is 0 Å². The highest BCUT2D eigenvalue weighted by molar-refractivity contribution is 7.80. The molecular formula is C33H29FN4OS. The number of hydrogen-bond acceptors (Lipinski definition) is 3. The number of hydrogen-bond donors (Lipinski definition) is 1. The number of pyridine rings is 1. The lowest BCUT2D eigenvalue weighted by Crippen LogP contribution is -2.29. The molecule has 5 aromatic rings. The Morgan fingerprint density at radius 2 is 1.62 bits per heavy atom. The van der Waals surface area contributed by atoms with Gasteiger partial charge < -0.3 is 19.5 Å². The molecule has 0 spiro atoms. The Morgan fingerprint density at radius 3 is 2.35 bits per heavy atom. The van der Waals surface area contributed by atoms with Crippen molar-refractivity contribution < 1.29 is 9.13 Å². The number of thiocarbonyl (C=S) groups is 1. The third kappa shape index (κ3) is 4.73. The first-order valence-corrected chi connectivity index (χ1v) is 13.6. The van der Waals surface area contributed by atoms with E-state index in [1.807, 2.05) is 86.6 Å². The van der Waals surface area contributed by atoms with Crippen LogP contribution in [0.25, 0.3) is 5.69 Å². The summed E-state index contributed by atoms with van der Waals surface area (Å²) in [5.74, 6) is 1.31. The van der Waals surface area contributed by atoms with Crippen molar-refractivity contribution in [1.29, 1.82) is 0 Å². The van der Waals surface area contributed by atoms with Crippen LogP contribution in [0, 0.1) is 26.6 Å². The second-order valence-corrected chi connectivity index (χ2v) is 10.4. The Bertz CT molecular complexity index is 1680. The molecule has 5 nitrogen and oxygen atoms in total. The largest absolute Gasteiger partial charge is 0.457 e. The zero-order chi connectivity index (χ0) is 27.8. The van der Waals surface area contributed by atoms with E-state index in [4.69, 9.17) is 17.0 Å². The lowest BCUT2D eigenvalue weighted by molar-refractivity contribution is 0.479. The van der Waals surface area contributed by atoms with Crippen molar-refractivity contribution in [1.82, 2.24) is 14.9 Å². The van der Waals surface area contributed by atoms with Crippen LogP contribution < -0.4 is 15.0 Å². The van der Waals surface area contributed by atoms with Crippen LogP contribution in [0.15, 0.2) is 103 Å². The molecule has 0 bridgehead atoms. The van der Waals surface area contributed by atoms with Crippen molar-refractivity contribution in [2.75, 3.05) is 4.90 Å². The van der Waals surface area contributed by atoms with Crippen LogP contribution in [0.4, 0.5) is 10.1 Å². The molecule has 7 heteroatoms. The number of aryl methyl sites for hydroxylation is 2. The average molecular weight is 549 g/mol. The zero-order valence-corrected chi connectivity index (χ0v) is 23.3. The van der Waals surface area contributed by atoms with E-state index in [-0.39, 0.29) is 17.9 Å². The summed E-state index contributed by atoms with van der Waals surface area (Å²) < 4.78 is 22.4. The summed E-state index contributed by atoms with van der Waals surface area (Å²) in [6.45, 7) is 6.14. The van der Waals surface area contributed by atoms with Crippen molar-refractivity contribution in [2.24, 2.45) is 0 Å². The van der Waals surface area contributed by atoms with E-state index >= 15 is 0 Å². The third-order valence-corrected chi connectivity index (χ3v) is 7.70. The molecule has 0 amide bonds. The zero-order valence-electron chi connectivity index (χ0n) is 22.5. The highest BCUT2D eigenvalue weighted by Gasteiger charge is 2.42. The van der Waals surface area contributed by atoms with Gasteiger partial charge in [-0.2, -0.15) is 0 Å². The van der Waals surface area contributed by atoms with E-state index in [9.17, 15) is 4.39 Å². The van der Waals surface area contributed by atoms with E-state index in [0.29, 0.717) is 5.11 Å². The molecule has 0 unspecified atom stereocenters. The number of nitrogens with zero attached hydrogens (tertiary/aromatic N) is 3. The fourth-order valence-electron chi connectivity index (χ4n) is 5.52. The van der Waals surface area contributed by atoms with Crippen molar-refractivity contribution in [2.45, 2.75) is 32.9 Å². The smallest absolute Gasteiger partial charge is 0.174 e. The normalized spacial score (nSPS) is 16.7. The molecule has 2 aromatic heterocycles. The van der Waals surface area contributed by atoms with Crippen LogP contribution in [0.2, 0.25) is 0 Å². The van der Waals surface area contributed by atoms with Gasteiger partial charge in [0, 0.05) is 29.0 Å². The number of para-hydroxylation sites is 1. The van der Waals surface area contributed by atoms with Crippen molar-refractivity contribution in [3.8, 4) is 17.2 Å². The van der Waals surface area contributed by atoms with Crippen molar-refractivity contribution in [3.05, 3.63) is 137 Å². The topological polar surface area (TPSA) is 42.3 Å². The van der Waals surface area contributed by atoms with Gasteiger partial charge >= 0.3 is 0 Å². The molecule has 0 saturated carbocycles. The van der Waals surface area contributed by atoms with Crippen molar-refractivity contribution >= 4 is 23.0 Å². The molecule has 0 radical (unpaired) electrons. The minimum atomic E-state index is -0.267. The maximum Gasteiger partial charge on any atom is 0.174 e. The minimum absolute atomic E-state index is 0.181. The lowest BCUT2D eigenvalue weighted by atomic mass is 9.96. The molecule has 2 atom stereocenters. The molecule has 1 aliphatic rings. The van der Waals surface area contributed by atoms with Gasteiger partial charge in [-0.15, -0.1) is 0 Å². The van der Waals surface area contributed by atoms with E-state index in [0.717, 1.165) is 51.1 Å². The van der Waals surface area contributed by atoms with Crippen molar-refractivity contribution in [3.63, 3.8) is 0 Å². The number of aromatic nitrogens is 2. The Hall–Kier alpha value is -4.49. The molecule has 1 N–H and O–H groups in total. The first kappa shape index (κ1) is 25.8. The van der Waals surface area contributed by atoms with Gasteiger partial charge in [0.1, 0.15) is 17.3 Å². The standard InChI is InChI=1S/C33H29FN4OS/c1-21-9-4-5-13-30(21)39-27-16-14-25(15-17-27)38-32(31(36-33(38)40)29-12-6-7-18-35-29)28-19-22(2)37(23(28)3)26-11-8-10-24(34)20-26/h4-20,31-32H,1-3H3,(H,36,40)/t31-,32-/m1/s1. The summed E-state index contributed by atoms with van der Waals surface area (Å²) in [6, 6.07) is 30.3. The molecular weight excluding hydrogens is 519 g/mol. The predicted octanol–water partition coefficient (Wildman–Crippen LogP) is 7.91. The van der Waals surface area contributed by atoms with Crippen LogP contribution >= 0.6 is 12.2 Å². The number of rotatable bonds is 6. The number of ether oxygens (including phenoxy) is 1. The fraction of sp³-hybridized carbons (Fsp3) is 0.152. The number of nitrogens with one attached hydrogen (secondary N) is 1. The summed E-state index contributed by atoms with van der Waals surface area (Å²) in [5.41, 5.74) is 6.81. The Labute approximate surface area is 238 Å². The number of benzene rings is 3. The molecule has 200 valence electrons. The number of anilines is 1. The molecule has 1 saturated heterocycles. The summed E-state index contributed by atoms with van der Waals surface area (Å²) in [6.07, 6.45) is 1.80. The van der Waals surface area contributed by atoms with E-state index in [1.54, 1.807) is 18.3 Å². The molecule has 3 heterocycles. The van der Waals surface area contributed by atoms with Gasteiger partial charge in [0.05, 0.1) is 17.8 Å². The highest BCUT2D eigenvalue weighted by Crippen LogP contribution is 2.44.